The highest BCUT2D eigenvalue weighted by Gasteiger charge is 2.23. The number of nitrogens with one attached hydrogen (secondary N) is 1. The number of H-pyrrole nitrogens is 1. The first-order valence-corrected chi connectivity index (χ1v) is 11.4. The highest BCUT2D eigenvalue weighted by Crippen LogP contribution is 2.29. The fourth-order valence-corrected chi connectivity index (χ4v) is 5.08. The van der Waals surface area contributed by atoms with Gasteiger partial charge in [-0.3, -0.25) is 19.3 Å². The minimum absolute atomic E-state index is 0.0318. The molecular weight excluding hydrogens is 414 g/mol. The van der Waals surface area contributed by atoms with Gasteiger partial charge in [0.25, 0.3) is 5.56 Å². The first-order valence-electron chi connectivity index (χ1n) is 11.0. The third kappa shape index (κ3) is 3.94. The maximum absolute atomic E-state index is 12.8. The van der Waals surface area contributed by atoms with Gasteiger partial charge < -0.3 is 9.80 Å². The molecule has 0 unspecified atom stereocenters. The molecule has 0 amide bonds. The maximum atomic E-state index is 12.8. The Morgan fingerprint density at radius 3 is 2.42 bits per heavy atom. The molecule has 1 aromatic carbocycles. The Morgan fingerprint density at radius 1 is 0.935 bits per heavy atom. The summed E-state index contributed by atoms with van der Waals surface area (Å²) in [7, 11) is 0. The number of aromatic nitrogens is 3. The van der Waals surface area contributed by atoms with Crippen molar-refractivity contribution in [2.45, 2.75) is 38.1 Å². The molecule has 0 bridgehead atoms. The molecule has 8 heteroatoms. The molecule has 7 nitrogen and oxygen atoms in total. The smallest absolute Gasteiger partial charge is 0.330 e. The zero-order valence-corrected chi connectivity index (χ0v) is 18.1. The summed E-state index contributed by atoms with van der Waals surface area (Å²) in [6.07, 6.45) is 6.97. The van der Waals surface area contributed by atoms with E-state index in [0.717, 1.165) is 68.5 Å². The molecule has 31 heavy (non-hydrogen) atoms. The van der Waals surface area contributed by atoms with Gasteiger partial charge in [-0.05, 0) is 37.1 Å². The lowest BCUT2D eigenvalue weighted by Gasteiger charge is -2.37. The first kappa shape index (κ1) is 20.1. The van der Waals surface area contributed by atoms with Crippen LogP contribution in [0.3, 0.4) is 0 Å². The fraction of sp³-hybridized carbons (Fsp3) is 0.435. The number of hydrogen-bond donors (Lipinski definition) is 1. The van der Waals surface area contributed by atoms with E-state index in [1.165, 1.54) is 11.0 Å². The second kappa shape index (κ2) is 8.38. The Balaban J connectivity index is 1.34. The second-order valence-electron chi connectivity index (χ2n) is 8.43. The second-order valence-corrected chi connectivity index (χ2v) is 8.86. The van der Waals surface area contributed by atoms with E-state index in [1.807, 2.05) is 30.5 Å². The lowest BCUT2D eigenvalue weighted by molar-refractivity contribution is 0.336. The van der Waals surface area contributed by atoms with E-state index in [4.69, 9.17) is 11.6 Å². The van der Waals surface area contributed by atoms with Gasteiger partial charge in [0.1, 0.15) is 5.82 Å². The number of fused-ring (bicyclic) bond motifs is 1. The normalized spacial score (nSPS) is 18.0. The maximum Gasteiger partial charge on any atom is 0.330 e. The zero-order chi connectivity index (χ0) is 21.4. The molecule has 0 spiro atoms. The molecule has 5 rings (SSSR count). The van der Waals surface area contributed by atoms with Gasteiger partial charge in [-0.15, -0.1) is 0 Å². The number of rotatable bonds is 3. The highest BCUT2D eigenvalue weighted by atomic mass is 35.5. The summed E-state index contributed by atoms with van der Waals surface area (Å²) in [5.41, 5.74) is 1.53. The lowest BCUT2D eigenvalue weighted by atomic mass is 9.95. The first-order chi connectivity index (χ1) is 15.1. The van der Waals surface area contributed by atoms with Crippen LogP contribution in [0.15, 0.2) is 46.1 Å². The SMILES string of the molecule is O=c1cc(N2CCN(c3ccnc4cc(Cl)ccc34)CC2)[nH]c(=O)n1C1CCCCC1. The van der Waals surface area contributed by atoms with E-state index >= 15 is 0 Å². The van der Waals surface area contributed by atoms with Crippen molar-refractivity contribution >= 4 is 34.0 Å². The molecule has 2 fully saturated rings. The van der Waals surface area contributed by atoms with Crippen LogP contribution in [0.2, 0.25) is 5.02 Å². The molecule has 1 N–H and O–H groups in total. The van der Waals surface area contributed by atoms with Crippen molar-refractivity contribution in [3.05, 3.63) is 62.4 Å². The van der Waals surface area contributed by atoms with Crippen molar-refractivity contribution in [1.82, 2.24) is 14.5 Å². The number of pyridine rings is 1. The average Bonchev–Trinajstić information content (AvgIpc) is 2.79. The molecule has 3 aromatic rings. The molecule has 1 aliphatic heterocycles. The van der Waals surface area contributed by atoms with E-state index in [0.29, 0.717) is 10.8 Å². The van der Waals surface area contributed by atoms with Gasteiger partial charge in [-0.1, -0.05) is 30.9 Å². The van der Waals surface area contributed by atoms with Gasteiger partial charge in [0.15, 0.2) is 0 Å². The molecule has 1 saturated heterocycles. The summed E-state index contributed by atoms with van der Waals surface area (Å²) < 4.78 is 1.42. The van der Waals surface area contributed by atoms with E-state index < -0.39 is 0 Å². The Kier molecular flexibility index (Phi) is 5.44. The third-order valence-electron chi connectivity index (χ3n) is 6.53. The predicted octanol–water partition coefficient (Wildman–Crippen LogP) is 3.57. The van der Waals surface area contributed by atoms with Crippen LogP contribution in [0.5, 0.6) is 0 Å². The summed E-state index contributed by atoms with van der Waals surface area (Å²) in [4.78, 5) is 37.3. The molecule has 2 aliphatic rings. The Hall–Kier alpha value is -2.80. The van der Waals surface area contributed by atoms with E-state index in [1.54, 1.807) is 6.07 Å². The van der Waals surface area contributed by atoms with Crippen molar-refractivity contribution in [3.8, 4) is 0 Å². The van der Waals surface area contributed by atoms with Gasteiger partial charge in [-0.25, -0.2) is 4.79 Å². The van der Waals surface area contributed by atoms with Gasteiger partial charge in [-0.2, -0.15) is 0 Å². The number of halogens is 1. The zero-order valence-electron chi connectivity index (χ0n) is 17.4. The fourth-order valence-electron chi connectivity index (χ4n) is 4.92. The summed E-state index contributed by atoms with van der Waals surface area (Å²) in [6, 6.07) is 9.42. The van der Waals surface area contributed by atoms with E-state index in [2.05, 4.69) is 19.8 Å². The van der Waals surface area contributed by atoms with Gasteiger partial charge in [0, 0.05) is 60.6 Å². The van der Waals surface area contributed by atoms with Crippen molar-refractivity contribution in [1.29, 1.82) is 0 Å². The number of aromatic amines is 1. The molecular formula is C23H26ClN5O2. The summed E-state index contributed by atoms with van der Waals surface area (Å²) >= 11 is 6.11. The van der Waals surface area contributed by atoms with E-state index in [-0.39, 0.29) is 17.3 Å². The van der Waals surface area contributed by atoms with Gasteiger partial charge >= 0.3 is 5.69 Å². The van der Waals surface area contributed by atoms with Gasteiger partial charge in [0.2, 0.25) is 0 Å². The Bertz CT molecular complexity index is 1180. The lowest BCUT2D eigenvalue weighted by Crippen LogP contribution is -2.48. The monoisotopic (exact) mass is 439 g/mol. The predicted molar refractivity (Wildman–Crippen MR) is 125 cm³/mol. The van der Waals surface area contributed by atoms with E-state index in [9.17, 15) is 9.59 Å². The molecule has 0 atom stereocenters. The number of hydrogen-bond acceptors (Lipinski definition) is 5. The largest absolute Gasteiger partial charge is 0.367 e. The van der Waals surface area contributed by atoms with Crippen molar-refractivity contribution < 1.29 is 0 Å². The van der Waals surface area contributed by atoms with Crippen molar-refractivity contribution in [2.24, 2.45) is 0 Å². The summed E-state index contributed by atoms with van der Waals surface area (Å²) in [5.74, 6) is 0.619. The van der Waals surface area contributed by atoms with Crippen LogP contribution in [0.25, 0.3) is 10.9 Å². The molecule has 1 aliphatic carbocycles. The Morgan fingerprint density at radius 2 is 1.68 bits per heavy atom. The Labute approximate surface area is 185 Å². The van der Waals surface area contributed by atoms with Crippen molar-refractivity contribution in [3.63, 3.8) is 0 Å². The van der Waals surface area contributed by atoms with Crippen LogP contribution in [-0.4, -0.2) is 40.7 Å². The number of nitrogens with zero attached hydrogens (tertiary/aromatic N) is 4. The quantitative estimate of drug-likeness (QED) is 0.675. The standard InChI is InChI=1S/C23H26ClN5O2/c24-16-6-7-18-19(14-16)25-9-8-20(18)27-10-12-28(13-11-27)21-15-22(30)29(23(31)26-21)17-4-2-1-3-5-17/h6-9,14-15,17H,1-5,10-13H2,(H,26,31). The molecule has 3 heterocycles. The summed E-state index contributed by atoms with van der Waals surface area (Å²) in [6.45, 7) is 3.02. The topological polar surface area (TPSA) is 74.2 Å². The molecule has 2 aromatic heterocycles. The number of anilines is 2. The minimum Gasteiger partial charge on any atom is -0.367 e. The number of piperazine rings is 1. The number of benzene rings is 1. The van der Waals surface area contributed by atoms with Crippen LogP contribution in [0.1, 0.15) is 38.1 Å². The molecule has 162 valence electrons. The molecule has 1 saturated carbocycles. The third-order valence-corrected chi connectivity index (χ3v) is 6.77. The molecule has 0 radical (unpaired) electrons. The van der Waals surface area contributed by atoms with Crippen LogP contribution >= 0.6 is 11.6 Å². The summed E-state index contributed by atoms with van der Waals surface area (Å²) in [5, 5.41) is 1.75. The van der Waals surface area contributed by atoms with Crippen LogP contribution < -0.4 is 21.0 Å². The average molecular weight is 440 g/mol. The van der Waals surface area contributed by atoms with Crippen LogP contribution in [-0.2, 0) is 0 Å². The minimum atomic E-state index is -0.283. The van der Waals surface area contributed by atoms with Crippen LogP contribution in [0, 0.1) is 0 Å². The van der Waals surface area contributed by atoms with Crippen LogP contribution in [0.4, 0.5) is 11.5 Å². The highest BCUT2D eigenvalue weighted by molar-refractivity contribution is 6.31. The van der Waals surface area contributed by atoms with Gasteiger partial charge in [0.05, 0.1) is 5.52 Å². The van der Waals surface area contributed by atoms with Crippen molar-refractivity contribution in [2.75, 3.05) is 36.0 Å².